The Morgan fingerprint density at radius 1 is 1.71 bits per heavy atom. The summed E-state index contributed by atoms with van der Waals surface area (Å²) in [7, 11) is 1.56. The molecule has 0 saturated heterocycles. The van der Waals surface area contributed by atoms with E-state index >= 15 is 0 Å². The zero-order valence-electron chi connectivity index (χ0n) is 8.31. The second kappa shape index (κ2) is 3.50. The first-order valence-corrected chi connectivity index (χ1v) is 4.09. The number of aromatic nitrogens is 1. The topological polar surface area (TPSA) is 70.1 Å². The molecule has 0 aliphatic rings. The Labute approximate surface area is 81.9 Å². The Kier molecular flexibility index (Phi) is 2.56. The van der Waals surface area contributed by atoms with Gasteiger partial charge < -0.3 is 9.42 Å². The molecule has 0 aromatic carbocycles. The van der Waals surface area contributed by atoms with Gasteiger partial charge in [-0.2, -0.15) is 5.26 Å². The highest BCUT2D eigenvalue weighted by molar-refractivity contribution is 5.92. The summed E-state index contributed by atoms with van der Waals surface area (Å²) >= 11 is 0. The van der Waals surface area contributed by atoms with Gasteiger partial charge in [0.1, 0.15) is 11.8 Å². The lowest BCUT2D eigenvalue weighted by molar-refractivity contribution is 0.0687. The van der Waals surface area contributed by atoms with E-state index in [9.17, 15) is 4.79 Å². The third kappa shape index (κ3) is 1.74. The van der Waals surface area contributed by atoms with Gasteiger partial charge in [-0.15, -0.1) is 0 Å². The van der Waals surface area contributed by atoms with Crippen molar-refractivity contribution >= 4 is 5.91 Å². The van der Waals surface area contributed by atoms with Gasteiger partial charge in [0, 0.05) is 13.1 Å². The summed E-state index contributed by atoms with van der Waals surface area (Å²) in [5, 5.41) is 12.3. The van der Waals surface area contributed by atoms with Crippen LogP contribution in [0.1, 0.15) is 24.3 Å². The zero-order chi connectivity index (χ0) is 10.8. The summed E-state index contributed by atoms with van der Waals surface area (Å²) in [5.74, 6) is -0.328. The molecule has 0 saturated carbocycles. The van der Waals surface area contributed by atoms with Crippen LogP contribution in [0.25, 0.3) is 0 Å². The van der Waals surface area contributed by atoms with Crippen LogP contribution in [-0.4, -0.2) is 28.6 Å². The molecule has 0 unspecified atom stereocenters. The third-order valence-electron chi connectivity index (χ3n) is 2.07. The first-order valence-electron chi connectivity index (χ1n) is 4.09. The Balaban J connectivity index is 2.88. The maximum absolute atomic E-state index is 11.7. The molecule has 1 aromatic rings. The minimum absolute atomic E-state index is 0.204. The van der Waals surface area contributed by atoms with Gasteiger partial charge in [-0.25, -0.2) is 0 Å². The molecular formula is C9H11N3O2. The van der Waals surface area contributed by atoms with Crippen LogP contribution in [0.15, 0.2) is 16.9 Å². The molecule has 0 N–H and O–H groups in total. The van der Waals surface area contributed by atoms with Crippen LogP contribution >= 0.6 is 0 Å². The van der Waals surface area contributed by atoms with Gasteiger partial charge in [0.25, 0.3) is 5.91 Å². The van der Waals surface area contributed by atoms with Crippen molar-refractivity contribution in [3.8, 4) is 6.07 Å². The normalized spacial score (nSPS) is 10.7. The van der Waals surface area contributed by atoms with E-state index in [1.54, 1.807) is 20.9 Å². The molecule has 14 heavy (non-hydrogen) atoms. The summed E-state index contributed by atoms with van der Waals surface area (Å²) in [6, 6.07) is 3.50. The SMILES string of the molecule is CN(C(=O)c1ccon1)C(C)(C)C#N. The van der Waals surface area contributed by atoms with Crippen LogP contribution in [-0.2, 0) is 0 Å². The van der Waals surface area contributed by atoms with Crippen LogP contribution in [0.3, 0.4) is 0 Å². The summed E-state index contributed by atoms with van der Waals surface area (Å²) < 4.78 is 4.55. The maximum atomic E-state index is 11.7. The van der Waals surface area contributed by atoms with Crippen molar-refractivity contribution < 1.29 is 9.32 Å². The number of nitrogens with zero attached hydrogens (tertiary/aromatic N) is 3. The van der Waals surface area contributed by atoms with Gasteiger partial charge in [-0.05, 0) is 13.8 Å². The van der Waals surface area contributed by atoms with Crippen molar-refractivity contribution in [1.82, 2.24) is 10.1 Å². The monoisotopic (exact) mass is 193 g/mol. The van der Waals surface area contributed by atoms with Crippen LogP contribution in [0, 0.1) is 11.3 Å². The fourth-order valence-electron chi connectivity index (χ4n) is 0.824. The highest BCUT2D eigenvalue weighted by Gasteiger charge is 2.29. The minimum Gasteiger partial charge on any atom is -0.364 e. The van der Waals surface area contributed by atoms with Crippen LogP contribution in [0.2, 0.25) is 0 Å². The molecule has 1 aromatic heterocycles. The fraction of sp³-hybridized carbons (Fsp3) is 0.444. The van der Waals surface area contributed by atoms with E-state index in [2.05, 4.69) is 9.68 Å². The van der Waals surface area contributed by atoms with Gasteiger partial charge in [0.05, 0.1) is 6.07 Å². The minimum atomic E-state index is -0.851. The Hall–Kier alpha value is -1.83. The summed E-state index contributed by atoms with van der Waals surface area (Å²) in [6.45, 7) is 3.32. The van der Waals surface area contributed by atoms with Crippen LogP contribution in [0.4, 0.5) is 0 Å². The molecule has 5 heteroatoms. The van der Waals surface area contributed by atoms with Crippen LogP contribution < -0.4 is 0 Å². The highest BCUT2D eigenvalue weighted by atomic mass is 16.5. The zero-order valence-corrected chi connectivity index (χ0v) is 8.31. The van der Waals surface area contributed by atoms with Crippen molar-refractivity contribution in [2.75, 3.05) is 7.05 Å². The van der Waals surface area contributed by atoms with E-state index in [-0.39, 0.29) is 11.6 Å². The van der Waals surface area contributed by atoms with E-state index in [1.165, 1.54) is 17.2 Å². The molecule has 1 rings (SSSR count). The quantitative estimate of drug-likeness (QED) is 0.703. The van der Waals surface area contributed by atoms with E-state index < -0.39 is 5.54 Å². The van der Waals surface area contributed by atoms with Gasteiger partial charge in [0.2, 0.25) is 0 Å². The van der Waals surface area contributed by atoms with Gasteiger partial charge in [0.15, 0.2) is 5.69 Å². The van der Waals surface area contributed by atoms with Crippen LogP contribution in [0.5, 0.6) is 0 Å². The summed E-state index contributed by atoms with van der Waals surface area (Å²) in [4.78, 5) is 13.0. The third-order valence-corrected chi connectivity index (χ3v) is 2.07. The fourth-order valence-corrected chi connectivity index (χ4v) is 0.824. The first kappa shape index (κ1) is 10.3. The maximum Gasteiger partial charge on any atom is 0.277 e. The number of hydrogen-bond acceptors (Lipinski definition) is 4. The Morgan fingerprint density at radius 3 is 2.79 bits per heavy atom. The van der Waals surface area contributed by atoms with Crippen molar-refractivity contribution in [3.63, 3.8) is 0 Å². The average Bonchev–Trinajstić information content (AvgIpc) is 2.68. The Morgan fingerprint density at radius 2 is 2.36 bits per heavy atom. The van der Waals surface area contributed by atoms with E-state index in [0.717, 1.165) is 0 Å². The molecule has 0 radical (unpaired) electrons. The lowest BCUT2D eigenvalue weighted by Crippen LogP contribution is -2.43. The predicted molar refractivity (Wildman–Crippen MR) is 48.3 cm³/mol. The number of carbonyl (C=O) groups excluding carboxylic acids is 1. The molecule has 5 nitrogen and oxygen atoms in total. The lowest BCUT2D eigenvalue weighted by atomic mass is 10.1. The molecule has 0 spiro atoms. The van der Waals surface area contributed by atoms with Crippen molar-refractivity contribution in [3.05, 3.63) is 18.0 Å². The number of carbonyl (C=O) groups is 1. The molecule has 0 atom stereocenters. The van der Waals surface area contributed by atoms with Gasteiger partial charge in [-0.3, -0.25) is 4.79 Å². The molecule has 1 heterocycles. The van der Waals surface area contributed by atoms with Gasteiger partial charge >= 0.3 is 0 Å². The van der Waals surface area contributed by atoms with E-state index in [4.69, 9.17) is 5.26 Å². The first-order chi connectivity index (χ1) is 6.49. The Bertz CT molecular complexity index is 362. The number of amides is 1. The molecule has 0 fully saturated rings. The standard InChI is InChI=1S/C9H11N3O2/c1-9(2,6-10)12(3)8(13)7-4-5-14-11-7/h4-5H,1-3H3. The molecule has 74 valence electrons. The van der Waals surface area contributed by atoms with Gasteiger partial charge in [-0.1, -0.05) is 5.16 Å². The predicted octanol–water partition coefficient (Wildman–Crippen LogP) is 1.05. The number of nitriles is 1. The second-order valence-electron chi connectivity index (χ2n) is 3.42. The largest absolute Gasteiger partial charge is 0.364 e. The summed E-state index contributed by atoms with van der Waals surface area (Å²) in [6.07, 6.45) is 1.32. The smallest absolute Gasteiger partial charge is 0.277 e. The number of rotatable bonds is 2. The second-order valence-corrected chi connectivity index (χ2v) is 3.42. The average molecular weight is 193 g/mol. The lowest BCUT2D eigenvalue weighted by Gasteiger charge is -2.28. The molecule has 1 amide bonds. The van der Waals surface area contributed by atoms with E-state index in [1.807, 2.05) is 6.07 Å². The molecular weight excluding hydrogens is 182 g/mol. The molecule has 0 aliphatic heterocycles. The van der Waals surface area contributed by atoms with Crippen molar-refractivity contribution in [1.29, 1.82) is 5.26 Å². The van der Waals surface area contributed by atoms with E-state index in [0.29, 0.717) is 0 Å². The molecule has 0 bridgehead atoms. The van der Waals surface area contributed by atoms with Crippen molar-refractivity contribution in [2.24, 2.45) is 0 Å². The van der Waals surface area contributed by atoms with Crippen molar-refractivity contribution in [2.45, 2.75) is 19.4 Å². The molecule has 0 aliphatic carbocycles. The summed E-state index contributed by atoms with van der Waals surface area (Å²) in [5.41, 5.74) is -0.647. The highest BCUT2D eigenvalue weighted by Crippen LogP contribution is 2.13. The number of hydrogen-bond donors (Lipinski definition) is 0.